The second-order valence-corrected chi connectivity index (χ2v) is 5.22. The summed E-state index contributed by atoms with van der Waals surface area (Å²) in [7, 11) is 0. The average molecular weight is 274 g/mol. The van der Waals surface area contributed by atoms with Gasteiger partial charge in [-0.05, 0) is 31.5 Å². The Labute approximate surface area is 116 Å². The van der Waals surface area contributed by atoms with E-state index in [-0.39, 0.29) is 11.9 Å². The molecule has 20 heavy (non-hydrogen) atoms. The second-order valence-electron chi connectivity index (χ2n) is 5.22. The zero-order valence-electron chi connectivity index (χ0n) is 11.2. The molecule has 0 saturated carbocycles. The molecular weight excluding hydrogens is 256 g/mol. The molecule has 1 amide bonds. The van der Waals surface area contributed by atoms with Gasteiger partial charge in [-0.1, -0.05) is 6.42 Å². The van der Waals surface area contributed by atoms with Crippen molar-refractivity contribution in [3.05, 3.63) is 24.1 Å². The van der Waals surface area contributed by atoms with E-state index in [9.17, 15) is 4.79 Å². The van der Waals surface area contributed by atoms with Gasteiger partial charge in [-0.2, -0.15) is 0 Å². The Morgan fingerprint density at radius 3 is 3.10 bits per heavy atom. The highest BCUT2D eigenvalue weighted by atomic mass is 16.3. The zero-order chi connectivity index (χ0) is 14.1. The number of carbonyl (C=O) groups excluding carboxylic acids is 1. The van der Waals surface area contributed by atoms with Gasteiger partial charge in [0.1, 0.15) is 5.52 Å². The van der Waals surface area contributed by atoms with Crippen LogP contribution in [-0.2, 0) is 11.3 Å². The molecule has 3 rings (SSSR count). The fourth-order valence-electron chi connectivity index (χ4n) is 2.73. The maximum atomic E-state index is 11.5. The van der Waals surface area contributed by atoms with Gasteiger partial charge in [0.15, 0.2) is 5.58 Å². The number of nitrogen functional groups attached to an aromatic ring is 1. The van der Waals surface area contributed by atoms with Crippen LogP contribution >= 0.6 is 0 Å². The lowest BCUT2D eigenvalue weighted by Crippen LogP contribution is -2.47. The minimum Gasteiger partial charge on any atom is -0.439 e. The molecule has 0 spiro atoms. The molecule has 0 bridgehead atoms. The summed E-state index contributed by atoms with van der Waals surface area (Å²) >= 11 is 0. The van der Waals surface area contributed by atoms with Crippen LogP contribution in [0.5, 0.6) is 0 Å². The van der Waals surface area contributed by atoms with Crippen LogP contribution in [0, 0.1) is 0 Å². The third-order valence-corrected chi connectivity index (χ3v) is 3.74. The predicted molar refractivity (Wildman–Crippen MR) is 75.7 cm³/mol. The van der Waals surface area contributed by atoms with Crippen molar-refractivity contribution >= 4 is 22.7 Å². The summed E-state index contributed by atoms with van der Waals surface area (Å²) in [5, 5.41) is 0. The first kappa shape index (κ1) is 12.9. The molecule has 6 nitrogen and oxygen atoms in total. The number of hydrogen-bond acceptors (Lipinski definition) is 5. The van der Waals surface area contributed by atoms with E-state index in [2.05, 4.69) is 4.98 Å². The molecule has 1 fully saturated rings. The van der Waals surface area contributed by atoms with Gasteiger partial charge in [0.05, 0.1) is 12.6 Å². The van der Waals surface area contributed by atoms with Crippen LogP contribution in [0.2, 0.25) is 0 Å². The fourth-order valence-corrected chi connectivity index (χ4v) is 2.73. The van der Waals surface area contributed by atoms with E-state index in [4.69, 9.17) is 15.9 Å². The molecule has 0 aliphatic carbocycles. The first-order valence-corrected chi connectivity index (χ1v) is 6.82. The fraction of sp³-hybridized carbons (Fsp3) is 0.429. The quantitative estimate of drug-likeness (QED) is 0.821. The van der Waals surface area contributed by atoms with Crippen LogP contribution in [0.3, 0.4) is 0 Å². The lowest BCUT2D eigenvalue weighted by atomic mass is 10.0. The van der Waals surface area contributed by atoms with Crippen LogP contribution in [0.15, 0.2) is 22.6 Å². The highest BCUT2D eigenvalue weighted by molar-refractivity contribution is 5.80. The number of aromatic nitrogens is 1. The number of piperidine rings is 1. The molecule has 1 atom stereocenters. The second kappa shape index (κ2) is 5.13. The van der Waals surface area contributed by atoms with Crippen molar-refractivity contribution < 1.29 is 9.21 Å². The number of primary amides is 1. The molecule has 106 valence electrons. The number of likely N-dealkylation sites (tertiary alicyclic amines) is 1. The summed E-state index contributed by atoms with van der Waals surface area (Å²) in [6.07, 6.45) is 2.91. The molecule has 2 heterocycles. The highest BCUT2D eigenvalue weighted by Crippen LogP contribution is 2.22. The first-order valence-electron chi connectivity index (χ1n) is 6.82. The van der Waals surface area contributed by atoms with Gasteiger partial charge in [0.2, 0.25) is 11.8 Å². The normalized spacial score (nSPS) is 20.3. The van der Waals surface area contributed by atoms with E-state index in [1.165, 1.54) is 0 Å². The van der Waals surface area contributed by atoms with E-state index >= 15 is 0 Å². The van der Waals surface area contributed by atoms with Gasteiger partial charge in [-0.15, -0.1) is 0 Å². The number of anilines is 1. The van der Waals surface area contributed by atoms with Gasteiger partial charge in [-0.25, -0.2) is 4.98 Å². The van der Waals surface area contributed by atoms with E-state index in [1.807, 2.05) is 11.0 Å². The summed E-state index contributed by atoms with van der Waals surface area (Å²) in [5.41, 5.74) is 13.3. The largest absolute Gasteiger partial charge is 0.439 e. The molecule has 6 heteroatoms. The molecule has 1 aliphatic heterocycles. The number of oxazole rings is 1. The van der Waals surface area contributed by atoms with Crippen LogP contribution < -0.4 is 11.5 Å². The van der Waals surface area contributed by atoms with E-state index in [0.29, 0.717) is 23.7 Å². The first-order chi connectivity index (χ1) is 9.63. The molecule has 2 aromatic rings. The number of nitrogens with zero attached hydrogens (tertiary/aromatic N) is 2. The van der Waals surface area contributed by atoms with Gasteiger partial charge >= 0.3 is 0 Å². The maximum Gasteiger partial charge on any atom is 0.234 e. The third kappa shape index (κ3) is 2.46. The molecular formula is C14H18N4O2. The van der Waals surface area contributed by atoms with Gasteiger partial charge in [0.25, 0.3) is 0 Å². The number of amides is 1. The molecule has 4 N–H and O–H groups in total. The lowest BCUT2D eigenvalue weighted by Gasteiger charge is -2.32. The average Bonchev–Trinajstić information content (AvgIpc) is 2.80. The van der Waals surface area contributed by atoms with Crippen molar-refractivity contribution in [3.63, 3.8) is 0 Å². The van der Waals surface area contributed by atoms with E-state index < -0.39 is 0 Å². The number of hydrogen-bond donors (Lipinski definition) is 2. The summed E-state index contributed by atoms with van der Waals surface area (Å²) in [5.74, 6) is 0.323. The van der Waals surface area contributed by atoms with Gasteiger partial charge < -0.3 is 15.9 Å². The standard InChI is InChI=1S/C14H18N4O2/c15-9-4-5-10-12(7-9)20-13(17-10)8-18-6-2-1-3-11(18)14(16)19/h4-5,7,11H,1-3,6,8,15H2,(H2,16,19). The molecule has 1 aliphatic rings. The number of nitrogens with two attached hydrogens (primary N) is 2. The topological polar surface area (TPSA) is 98.4 Å². The Balaban J connectivity index is 1.82. The molecule has 1 aromatic carbocycles. The summed E-state index contributed by atoms with van der Waals surface area (Å²) < 4.78 is 5.69. The molecule has 1 aromatic heterocycles. The van der Waals surface area contributed by atoms with E-state index in [0.717, 1.165) is 31.3 Å². The van der Waals surface area contributed by atoms with Crippen molar-refractivity contribution in [2.45, 2.75) is 31.8 Å². The molecule has 0 radical (unpaired) electrons. The Kier molecular flexibility index (Phi) is 3.31. The summed E-state index contributed by atoms with van der Waals surface area (Å²) in [6.45, 7) is 1.34. The van der Waals surface area contributed by atoms with Crippen molar-refractivity contribution in [2.75, 3.05) is 12.3 Å². The lowest BCUT2D eigenvalue weighted by molar-refractivity contribution is -0.124. The minimum atomic E-state index is -0.273. The summed E-state index contributed by atoms with van der Waals surface area (Å²) in [4.78, 5) is 18.0. The van der Waals surface area contributed by atoms with Crippen molar-refractivity contribution in [2.24, 2.45) is 5.73 Å². The Bertz CT molecular complexity index is 637. The maximum absolute atomic E-state index is 11.5. The monoisotopic (exact) mass is 274 g/mol. The number of rotatable bonds is 3. The zero-order valence-corrected chi connectivity index (χ0v) is 11.2. The number of benzene rings is 1. The van der Waals surface area contributed by atoms with Gasteiger partial charge in [0, 0.05) is 11.8 Å². The van der Waals surface area contributed by atoms with Gasteiger partial charge in [-0.3, -0.25) is 9.69 Å². The molecule has 1 unspecified atom stereocenters. The molecule has 1 saturated heterocycles. The van der Waals surface area contributed by atoms with Crippen LogP contribution in [0.25, 0.3) is 11.1 Å². The van der Waals surface area contributed by atoms with Crippen LogP contribution in [-0.4, -0.2) is 28.4 Å². The van der Waals surface area contributed by atoms with Crippen LogP contribution in [0.1, 0.15) is 25.2 Å². The smallest absolute Gasteiger partial charge is 0.234 e. The SMILES string of the molecule is NC(=O)C1CCCCN1Cc1nc2ccc(N)cc2o1. The van der Waals surface area contributed by atoms with Crippen molar-refractivity contribution in [3.8, 4) is 0 Å². The summed E-state index contributed by atoms with van der Waals surface area (Å²) in [6, 6.07) is 5.17. The Hall–Kier alpha value is -2.08. The Morgan fingerprint density at radius 2 is 2.30 bits per heavy atom. The highest BCUT2D eigenvalue weighted by Gasteiger charge is 2.28. The van der Waals surface area contributed by atoms with E-state index in [1.54, 1.807) is 12.1 Å². The van der Waals surface area contributed by atoms with Crippen molar-refractivity contribution in [1.29, 1.82) is 0 Å². The van der Waals surface area contributed by atoms with Crippen molar-refractivity contribution in [1.82, 2.24) is 9.88 Å². The number of fused-ring (bicyclic) bond motifs is 1. The predicted octanol–water partition coefficient (Wildman–Crippen LogP) is 1.25. The van der Waals surface area contributed by atoms with Crippen LogP contribution in [0.4, 0.5) is 5.69 Å². The Morgan fingerprint density at radius 1 is 1.45 bits per heavy atom. The third-order valence-electron chi connectivity index (χ3n) is 3.74. The minimum absolute atomic E-state index is 0.219. The number of carbonyl (C=O) groups is 1.